The van der Waals surface area contributed by atoms with Gasteiger partial charge in [-0.2, -0.15) is 0 Å². The first-order valence-corrected chi connectivity index (χ1v) is 11.7. The minimum absolute atomic E-state index is 0.0647. The van der Waals surface area contributed by atoms with Crippen molar-refractivity contribution < 1.29 is 14.3 Å². The van der Waals surface area contributed by atoms with E-state index >= 15 is 0 Å². The average molecular weight is 439 g/mol. The molecular formula is C25H34N4O3. The Hall–Kier alpha value is -2.51. The van der Waals surface area contributed by atoms with Crippen LogP contribution in [-0.2, 0) is 17.9 Å². The molecule has 0 radical (unpaired) electrons. The summed E-state index contributed by atoms with van der Waals surface area (Å²) in [5, 5.41) is 0. The van der Waals surface area contributed by atoms with Crippen LogP contribution >= 0.6 is 0 Å². The summed E-state index contributed by atoms with van der Waals surface area (Å²) in [4.78, 5) is 26.6. The first-order valence-electron chi connectivity index (χ1n) is 11.7. The number of aryl methyl sites for hydroxylation is 1. The highest BCUT2D eigenvalue weighted by Crippen LogP contribution is 2.32. The van der Waals surface area contributed by atoms with Crippen LogP contribution in [0.25, 0.3) is 0 Å². The number of amides is 1. The van der Waals surface area contributed by atoms with E-state index in [0.29, 0.717) is 18.8 Å². The molecule has 0 aliphatic carbocycles. The number of rotatable bonds is 8. The quantitative estimate of drug-likeness (QED) is 0.623. The molecule has 2 aromatic rings. The molecule has 2 saturated heterocycles. The van der Waals surface area contributed by atoms with Gasteiger partial charge in [-0.05, 0) is 63.8 Å². The minimum Gasteiger partial charge on any atom is -0.496 e. The van der Waals surface area contributed by atoms with Gasteiger partial charge in [0.2, 0.25) is 0 Å². The number of ether oxygens (including phenoxy) is 2. The van der Waals surface area contributed by atoms with Gasteiger partial charge in [-0.1, -0.05) is 6.07 Å². The number of aromatic nitrogens is 2. The molecular weight excluding hydrogens is 404 g/mol. The van der Waals surface area contributed by atoms with Gasteiger partial charge in [0.05, 0.1) is 31.0 Å². The Balaban J connectivity index is 1.49. The number of hydrogen-bond acceptors (Lipinski definition) is 6. The predicted molar refractivity (Wildman–Crippen MR) is 123 cm³/mol. The lowest BCUT2D eigenvalue weighted by molar-refractivity contribution is 0.0791. The summed E-state index contributed by atoms with van der Waals surface area (Å²) in [7, 11) is 1.69. The Morgan fingerprint density at radius 1 is 1.19 bits per heavy atom. The highest BCUT2D eigenvalue weighted by atomic mass is 16.5. The van der Waals surface area contributed by atoms with Crippen LogP contribution in [0.4, 0.5) is 0 Å². The van der Waals surface area contributed by atoms with Crippen LogP contribution in [0, 0.1) is 6.92 Å². The fourth-order valence-corrected chi connectivity index (χ4v) is 4.74. The molecule has 4 rings (SSSR count). The maximum absolute atomic E-state index is 12.8. The van der Waals surface area contributed by atoms with Crippen LogP contribution in [0.2, 0.25) is 0 Å². The summed E-state index contributed by atoms with van der Waals surface area (Å²) in [5.74, 6) is 1.74. The average Bonchev–Trinajstić information content (AvgIpc) is 3.50. The smallest absolute Gasteiger partial charge is 0.257 e. The number of carbonyl (C=O) groups excluding carboxylic acids is 1. The molecule has 2 aliphatic rings. The number of likely N-dealkylation sites (tertiary alicyclic amines) is 2. The van der Waals surface area contributed by atoms with Crippen molar-refractivity contribution in [3.05, 3.63) is 52.6 Å². The second-order valence-corrected chi connectivity index (χ2v) is 8.64. The molecule has 0 bridgehead atoms. The second kappa shape index (κ2) is 10.4. The lowest BCUT2D eigenvalue weighted by atomic mass is 10.1. The number of nitrogens with zero attached hydrogens (tertiary/aromatic N) is 4. The third-order valence-electron chi connectivity index (χ3n) is 6.48. The van der Waals surface area contributed by atoms with Crippen LogP contribution in [0.3, 0.4) is 0 Å². The van der Waals surface area contributed by atoms with Crippen molar-refractivity contribution in [2.75, 3.05) is 33.4 Å². The van der Waals surface area contributed by atoms with E-state index in [-0.39, 0.29) is 11.9 Å². The van der Waals surface area contributed by atoms with Crippen LogP contribution in [0.1, 0.15) is 71.7 Å². The molecule has 2 aliphatic heterocycles. The Bertz CT molecular complexity index is 943. The van der Waals surface area contributed by atoms with Gasteiger partial charge in [0, 0.05) is 38.0 Å². The van der Waals surface area contributed by atoms with Gasteiger partial charge in [0.15, 0.2) is 0 Å². The third-order valence-corrected chi connectivity index (χ3v) is 6.48. The normalized spacial score (nSPS) is 19.0. The van der Waals surface area contributed by atoms with Gasteiger partial charge in [-0.3, -0.25) is 9.69 Å². The maximum atomic E-state index is 12.8. The molecule has 1 atom stereocenters. The molecule has 172 valence electrons. The molecule has 0 N–H and O–H groups in total. The number of methoxy groups -OCH3 is 1. The van der Waals surface area contributed by atoms with Crippen molar-refractivity contribution in [2.45, 2.75) is 58.7 Å². The van der Waals surface area contributed by atoms with E-state index in [1.807, 2.05) is 24.8 Å². The summed E-state index contributed by atoms with van der Waals surface area (Å²) >= 11 is 0. The van der Waals surface area contributed by atoms with Crippen molar-refractivity contribution in [3.63, 3.8) is 0 Å². The third kappa shape index (κ3) is 4.94. The molecule has 7 heteroatoms. The number of carbonyl (C=O) groups is 1. The highest BCUT2D eigenvalue weighted by Gasteiger charge is 2.30. The Kier molecular flexibility index (Phi) is 7.37. The van der Waals surface area contributed by atoms with Crippen molar-refractivity contribution in [3.8, 4) is 5.75 Å². The highest BCUT2D eigenvalue weighted by molar-refractivity contribution is 5.95. The molecule has 1 aromatic carbocycles. The molecule has 32 heavy (non-hydrogen) atoms. The van der Waals surface area contributed by atoms with E-state index in [2.05, 4.69) is 22.0 Å². The SMILES string of the molecule is CCOCc1cc(CN2CCCC2c2ncc(C(=O)N3CCCC3)c(C)n2)ccc1OC. The van der Waals surface area contributed by atoms with E-state index in [1.54, 1.807) is 13.3 Å². The number of benzene rings is 1. The van der Waals surface area contributed by atoms with E-state index in [4.69, 9.17) is 14.5 Å². The number of hydrogen-bond donors (Lipinski definition) is 0. The fourth-order valence-electron chi connectivity index (χ4n) is 4.74. The Morgan fingerprint density at radius 3 is 2.72 bits per heavy atom. The molecule has 1 amide bonds. The summed E-state index contributed by atoms with van der Waals surface area (Å²) in [6.45, 7) is 8.65. The summed E-state index contributed by atoms with van der Waals surface area (Å²) in [5.41, 5.74) is 3.71. The molecule has 0 saturated carbocycles. The van der Waals surface area contributed by atoms with E-state index in [1.165, 1.54) is 5.56 Å². The van der Waals surface area contributed by atoms with Crippen LogP contribution in [0.15, 0.2) is 24.4 Å². The Labute approximate surface area is 190 Å². The van der Waals surface area contributed by atoms with Crippen molar-refractivity contribution >= 4 is 5.91 Å². The van der Waals surface area contributed by atoms with Crippen LogP contribution in [-0.4, -0.2) is 59.0 Å². The summed E-state index contributed by atoms with van der Waals surface area (Å²) < 4.78 is 11.1. The minimum atomic E-state index is 0.0647. The molecule has 1 unspecified atom stereocenters. The zero-order chi connectivity index (χ0) is 22.5. The molecule has 0 spiro atoms. The van der Waals surface area contributed by atoms with Crippen LogP contribution in [0.5, 0.6) is 5.75 Å². The van der Waals surface area contributed by atoms with E-state index < -0.39 is 0 Å². The summed E-state index contributed by atoms with van der Waals surface area (Å²) in [6.07, 6.45) is 6.05. The van der Waals surface area contributed by atoms with E-state index in [9.17, 15) is 4.79 Å². The van der Waals surface area contributed by atoms with Gasteiger partial charge in [0.1, 0.15) is 11.6 Å². The molecule has 1 aromatic heterocycles. The molecule has 2 fully saturated rings. The largest absolute Gasteiger partial charge is 0.496 e. The zero-order valence-electron chi connectivity index (χ0n) is 19.5. The zero-order valence-corrected chi connectivity index (χ0v) is 19.5. The van der Waals surface area contributed by atoms with Crippen molar-refractivity contribution in [2.24, 2.45) is 0 Å². The lowest BCUT2D eigenvalue weighted by Crippen LogP contribution is -2.29. The van der Waals surface area contributed by atoms with Gasteiger partial charge < -0.3 is 14.4 Å². The van der Waals surface area contributed by atoms with Crippen LogP contribution < -0.4 is 4.74 Å². The summed E-state index contributed by atoms with van der Waals surface area (Å²) in [6, 6.07) is 6.48. The van der Waals surface area contributed by atoms with Crippen molar-refractivity contribution in [1.29, 1.82) is 0 Å². The Morgan fingerprint density at radius 2 is 2.00 bits per heavy atom. The topological polar surface area (TPSA) is 67.8 Å². The first kappa shape index (κ1) is 22.7. The predicted octanol–water partition coefficient (Wildman–Crippen LogP) is 3.90. The van der Waals surface area contributed by atoms with Gasteiger partial charge >= 0.3 is 0 Å². The monoisotopic (exact) mass is 438 g/mol. The van der Waals surface area contributed by atoms with E-state index in [0.717, 1.165) is 74.7 Å². The maximum Gasteiger partial charge on any atom is 0.257 e. The van der Waals surface area contributed by atoms with Gasteiger partial charge in [-0.15, -0.1) is 0 Å². The second-order valence-electron chi connectivity index (χ2n) is 8.64. The van der Waals surface area contributed by atoms with Gasteiger partial charge in [0.25, 0.3) is 5.91 Å². The fraction of sp³-hybridized carbons (Fsp3) is 0.560. The first-order chi connectivity index (χ1) is 15.6. The molecule has 7 nitrogen and oxygen atoms in total. The standard InChI is InChI=1S/C25H34N4O3/c1-4-32-17-20-14-19(9-10-23(20)31-3)16-29-13-7-8-22(29)24-26-15-21(18(2)27-24)25(30)28-11-5-6-12-28/h9-10,14-15,22H,4-8,11-13,16-17H2,1-3H3. The van der Waals surface area contributed by atoms with Crippen molar-refractivity contribution in [1.82, 2.24) is 19.8 Å². The van der Waals surface area contributed by atoms with Gasteiger partial charge in [-0.25, -0.2) is 9.97 Å². The molecule has 3 heterocycles. The lowest BCUT2D eigenvalue weighted by Gasteiger charge is -2.24.